The molecule has 1 aromatic carbocycles. The number of nitrogens with zero attached hydrogens (tertiary/aromatic N) is 4. The maximum Gasteiger partial charge on any atom is 0.159 e. The molecule has 3 rings (SSSR count). The number of aromatic nitrogens is 4. The maximum atomic E-state index is 13.2. The van der Waals surface area contributed by atoms with Crippen molar-refractivity contribution in [2.24, 2.45) is 0 Å². The lowest BCUT2D eigenvalue weighted by Crippen LogP contribution is -2.06. The fourth-order valence-electron chi connectivity index (χ4n) is 1.66. The quantitative estimate of drug-likeness (QED) is 0.772. The summed E-state index contributed by atoms with van der Waals surface area (Å²) in [5, 5.41) is 11.4. The lowest BCUT2D eigenvalue weighted by atomic mass is 10.2. The molecule has 0 bridgehead atoms. The van der Waals surface area contributed by atoms with Gasteiger partial charge in [0.1, 0.15) is 5.82 Å². The highest BCUT2D eigenvalue weighted by Crippen LogP contribution is 2.39. The number of anilines is 1. The highest BCUT2D eigenvalue weighted by Gasteiger charge is 2.30. The molecule has 0 atom stereocenters. The Morgan fingerprint density at radius 2 is 2.19 bits per heavy atom. The molecule has 6 heteroatoms. The van der Waals surface area contributed by atoms with E-state index >= 15 is 0 Å². The number of benzene rings is 1. The highest BCUT2D eigenvalue weighted by molar-refractivity contribution is 5.57. The minimum atomic E-state index is -0.346. The van der Waals surface area contributed by atoms with Crippen LogP contribution >= 0.6 is 0 Å². The van der Waals surface area contributed by atoms with E-state index in [2.05, 4.69) is 15.5 Å². The largest absolute Gasteiger partial charge is 0.397 e. The van der Waals surface area contributed by atoms with Gasteiger partial charge in [-0.2, -0.15) is 4.68 Å². The van der Waals surface area contributed by atoms with Gasteiger partial charge in [-0.15, -0.1) is 5.10 Å². The molecule has 2 aromatic rings. The van der Waals surface area contributed by atoms with Crippen LogP contribution in [0.4, 0.5) is 10.1 Å². The molecule has 82 valence electrons. The van der Waals surface area contributed by atoms with E-state index in [1.54, 1.807) is 0 Å². The molecule has 1 fully saturated rings. The molecule has 0 spiro atoms. The first kappa shape index (κ1) is 9.26. The van der Waals surface area contributed by atoms with E-state index < -0.39 is 0 Å². The summed E-state index contributed by atoms with van der Waals surface area (Å²) in [6.07, 6.45) is 2.16. The van der Waals surface area contributed by atoms with Crippen molar-refractivity contribution in [1.29, 1.82) is 0 Å². The third-order valence-corrected chi connectivity index (χ3v) is 2.66. The van der Waals surface area contributed by atoms with E-state index in [4.69, 9.17) is 5.73 Å². The van der Waals surface area contributed by atoms with Gasteiger partial charge in [-0.1, -0.05) is 0 Å². The van der Waals surface area contributed by atoms with Gasteiger partial charge in [0.2, 0.25) is 0 Å². The number of nitrogens with two attached hydrogens (primary N) is 1. The molecule has 0 unspecified atom stereocenters. The summed E-state index contributed by atoms with van der Waals surface area (Å²) in [6, 6.07) is 4.18. The summed E-state index contributed by atoms with van der Waals surface area (Å²) in [5.74, 6) is 0.802. The molecule has 1 heterocycles. The summed E-state index contributed by atoms with van der Waals surface area (Å²) in [5.41, 5.74) is 6.76. The van der Waals surface area contributed by atoms with Crippen molar-refractivity contribution in [3.05, 3.63) is 29.8 Å². The van der Waals surface area contributed by atoms with Crippen LogP contribution in [0.3, 0.4) is 0 Å². The molecule has 5 nitrogen and oxygen atoms in total. The molecule has 0 radical (unpaired) electrons. The summed E-state index contributed by atoms with van der Waals surface area (Å²) >= 11 is 0. The van der Waals surface area contributed by atoms with Crippen LogP contribution in [0.15, 0.2) is 18.2 Å². The van der Waals surface area contributed by atoms with E-state index in [-0.39, 0.29) is 5.82 Å². The smallest absolute Gasteiger partial charge is 0.159 e. The van der Waals surface area contributed by atoms with E-state index in [1.165, 1.54) is 22.9 Å². The minimum Gasteiger partial charge on any atom is -0.397 e. The fourth-order valence-corrected chi connectivity index (χ4v) is 1.66. The first-order chi connectivity index (χ1) is 7.75. The van der Waals surface area contributed by atoms with Crippen LogP contribution in [0.2, 0.25) is 0 Å². The number of hydrogen-bond acceptors (Lipinski definition) is 4. The first-order valence-electron chi connectivity index (χ1n) is 5.09. The Hall–Kier alpha value is -1.98. The average Bonchev–Trinajstić information content (AvgIpc) is 3.01. The monoisotopic (exact) mass is 219 g/mol. The van der Waals surface area contributed by atoms with Crippen molar-refractivity contribution in [2.45, 2.75) is 18.8 Å². The Balaban J connectivity index is 2.13. The van der Waals surface area contributed by atoms with Crippen molar-refractivity contribution in [3.8, 4) is 5.69 Å². The predicted molar refractivity (Wildman–Crippen MR) is 55.5 cm³/mol. The van der Waals surface area contributed by atoms with Crippen LogP contribution in [0, 0.1) is 5.82 Å². The number of halogens is 1. The van der Waals surface area contributed by atoms with E-state index in [1.807, 2.05) is 0 Å². The lowest BCUT2D eigenvalue weighted by Gasteiger charge is -2.06. The van der Waals surface area contributed by atoms with E-state index in [0.29, 0.717) is 17.3 Å². The second-order valence-electron chi connectivity index (χ2n) is 3.93. The molecule has 1 aliphatic carbocycles. The lowest BCUT2D eigenvalue weighted by molar-refractivity contribution is 0.624. The predicted octanol–water partition coefficient (Wildman–Crippen LogP) is 1.26. The number of tetrazole rings is 1. The second-order valence-corrected chi connectivity index (χ2v) is 3.93. The van der Waals surface area contributed by atoms with Crippen LogP contribution in [-0.2, 0) is 0 Å². The average molecular weight is 219 g/mol. The zero-order valence-electron chi connectivity index (χ0n) is 8.47. The summed E-state index contributed by atoms with van der Waals surface area (Å²) in [4.78, 5) is 0. The Labute approximate surface area is 91.1 Å². The van der Waals surface area contributed by atoms with Crippen LogP contribution in [0.1, 0.15) is 24.6 Å². The number of hydrogen-bond donors (Lipinski definition) is 1. The van der Waals surface area contributed by atoms with Gasteiger partial charge in [0.05, 0.1) is 11.4 Å². The molecule has 16 heavy (non-hydrogen) atoms. The van der Waals surface area contributed by atoms with Crippen LogP contribution in [0.25, 0.3) is 5.69 Å². The number of rotatable bonds is 2. The highest BCUT2D eigenvalue weighted by atomic mass is 19.1. The van der Waals surface area contributed by atoms with Crippen LogP contribution in [-0.4, -0.2) is 20.2 Å². The number of nitrogen functional groups attached to an aromatic ring is 1. The summed E-state index contributed by atoms with van der Waals surface area (Å²) in [6.45, 7) is 0. The van der Waals surface area contributed by atoms with E-state index in [0.717, 1.165) is 18.7 Å². The summed E-state index contributed by atoms with van der Waals surface area (Å²) < 4.78 is 14.7. The van der Waals surface area contributed by atoms with E-state index in [9.17, 15) is 4.39 Å². The van der Waals surface area contributed by atoms with Crippen molar-refractivity contribution in [2.75, 3.05) is 5.73 Å². The zero-order chi connectivity index (χ0) is 11.1. The van der Waals surface area contributed by atoms with Gasteiger partial charge in [-0.05, 0) is 35.4 Å². The SMILES string of the molecule is Nc1ccc(F)cc1-n1nnnc1C1CC1. The molecule has 0 saturated heterocycles. The van der Waals surface area contributed by atoms with Gasteiger partial charge in [0.25, 0.3) is 0 Å². The second kappa shape index (κ2) is 3.26. The normalized spacial score (nSPS) is 15.3. The van der Waals surface area contributed by atoms with Gasteiger partial charge in [0, 0.05) is 12.0 Å². The third-order valence-electron chi connectivity index (χ3n) is 2.66. The van der Waals surface area contributed by atoms with Crippen molar-refractivity contribution in [1.82, 2.24) is 20.2 Å². The Bertz CT molecular complexity index is 532. The van der Waals surface area contributed by atoms with Crippen LogP contribution < -0.4 is 5.73 Å². The molecule has 1 saturated carbocycles. The van der Waals surface area contributed by atoms with Crippen molar-refractivity contribution in [3.63, 3.8) is 0 Å². The van der Waals surface area contributed by atoms with Gasteiger partial charge in [-0.25, -0.2) is 4.39 Å². The molecule has 2 N–H and O–H groups in total. The fraction of sp³-hybridized carbons (Fsp3) is 0.300. The van der Waals surface area contributed by atoms with Gasteiger partial charge < -0.3 is 5.73 Å². The first-order valence-corrected chi connectivity index (χ1v) is 5.09. The van der Waals surface area contributed by atoms with Crippen molar-refractivity contribution >= 4 is 5.69 Å². The standard InChI is InChI=1S/C10H10FN5/c11-7-3-4-8(12)9(5-7)16-10(6-1-2-6)13-14-15-16/h3-6H,1-2,12H2. The molecule has 0 aliphatic heterocycles. The topological polar surface area (TPSA) is 69.6 Å². The third kappa shape index (κ3) is 1.42. The molecular formula is C10H10FN5. The molecule has 1 aromatic heterocycles. The van der Waals surface area contributed by atoms with Gasteiger partial charge in [-0.3, -0.25) is 0 Å². The minimum absolute atomic E-state index is 0.346. The molecule has 1 aliphatic rings. The molecular weight excluding hydrogens is 209 g/mol. The zero-order valence-corrected chi connectivity index (χ0v) is 8.47. The maximum absolute atomic E-state index is 13.2. The van der Waals surface area contributed by atoms with Gasteiger partial charge in [0.15, 0.2) is 5.82 Å². The summed E-state index contributed by atoms with van der Waals surface area (Å²) in [7, 11) is 0. The van der Waals surface area contributed by atoms with Gasteiger partial charge >= 0.3 is 0 Å². The Morgan fingerprint density at radius 3 is 2.94 bits per heavy atom. The molecule has 0 amide bonds. The van der Waals surface area contributed by atoms with Crippen molar-refractivity contribution < 1.29 is 4.39 Å². The Kier molecular flexibility index (Phi) is 1.89. The van der Waals surface area contributed by atoms with Crippen LogP contribution in [0.5, 0.6) is 0 Å². The Morgan fingerprint density at radius 1 is 1.38 bits per heavy atom.